The van der Waals surface area contributed by atoms with Crippen molar-refractivity contribution in [2.75, 3.05) is 11.4 Å². The molecule has 0 aromatic heterocycles. The minimum absolute atomic E-state index is 0.121. The molecule has 0 radical (unpaired) electrons. The first kappa shape index (κ1) is 16.8. The Balaban J connectivity index is 1.61. The van der Waals surface area contributed by atoms with E-state index in [0.29, 0.717) is 12.1 Å². The van der Waals surface area contributed by atoms with E-state index in [2.05, 4.69) is 5.32 Å². The van der Waals surface area contributed by atoms with Crippen LogP contribution in [-0.4, -0.2) is 29.5 Å². The summed E-state index contributed by atoms with van der Waals surface area (Å²) in [6, 6.07) is 13.8. The maximum Gasteiger partial charge on any atom is 0.249 e. The van der Waals surface area contributed by atoms with Crippen LogP contribution in [-0.2, 0) is 16.0 Å². The smallest absolute Gasteiger partial charge is 0.249 e. The molecule has 5 nitrogen and oxygen atoms in total. The molecule has 128 valence electrons. The topological polar surface area (TPSA) is 69.6 Å². The molecule has 5 heteroatoms. The molecule has 1 atom stereocenters. The normalized spacial score (nSPS) is 14.4. The maximum absolute atomic E-state index is 12.6. The number of carbonyl (C=O) groups is 2. The monoisotopic (exact) mass is 336 g/mol. The van der Waals surface area contributed by atoms with E-state index in [4.69, 9.17) is 0 Å². The second-order valence-electron chi connectivity index (χ2n) is 6.03. The van der Waals surface area contributed by atoms with Crippen molar-refractivity contribution >= 4 is 23.6 Å². The third-order valence-electron chi connectivity index (χ3n) is 4.18. The Bertz CT molecular complexity index is 829. The molecule has 3 rings (SSSR count). The zero-order chi connectivity index (χ0) is 17.8. The van der Waals surface area contributed by atoms with E-state index < -0.39 is 6.04 Å². The molecule has 2 aromatic carbocycles. The van der Waals surface area contributed by atoms with Gasteiger partial charge in [-0.1, -0.05) is 30.3 Å². The molecule has 1 heterocycles. The second-order valence-corrected chi connectivity index (χ2v) is 6.03. The van der Waals surface area contributed by atoms with Crippen LogP contribution in [0.3, 0.4) is 0 Å². The number of amides is 2. The van der Waals surface area contributed by atoms with E-state index in [1.165, 1.54) is 6.08 Å². The molecule has 2 aromatic rings. The van der Waals surface area contributed by atoms with Crippen LogP contribution >= 0.6 is 0 Å². The van der Waals surface area contributed by atoms with Gasteiger partial charge in [0.25, 0.3) is 0 Å². The number of phenols is 1. The summed E-state index contributed by atoms with van der Waals surface area (Å²) in [5.74, 6) is -0.334. The van der Waals surface area contributed by atoms with E-state index in [1.807, 2.05) is 24.3 Å². The van der Waals surface area contributed by atoms with Crippen molar-refractivity contribution in [1.82, 2.24) is 5.32 Å². The first-order valence-corrected chi connectivity index (χ1v) is 8.21. The number of aromatic hydroxyl groups is 1. The first-order valence-electron chi connectivity index (χ1n) is 8.21. The van der Waals surface area contributed by atoms with Crippen LogP contribution in [0.15, 0.2) is 54.6 Å². The Labute approximate surface area is 146 Å². The van der Waals surface area contributed by atoms with Crippen molar-refractivity contribution in [1.29, 1.82) is 0 Å². The highest BCUT2D eigenvalue weighted by molar-refractivity contribution is 6.02. The molecule has 0 aliphatic carbocycles. The van der Waals surface area contributed by atoms with Gasteiger partial charge in [0.1, 0.15) is 11.8 Å². The van der Waals surface area contributed by atoms with Gasteiger partial charge in [-0.15, -0.1) is 0 Å². The van der Waals surface area contributed by atoms with Gasteiger partial charge < -0.3 is 15.3 Å². The summed E-state index contributed by atoms with van der Waals surface area (Å²) in [6.07, 6.45) is 3.79. The van der Waals surface area contributed by atoms with E-state index in [0.717, 1.165) is 17.7 Å². The number of benzene rings is 2. The predicted molar refractivity (Wildman–Crippen MR) is 97.2 cm³/mol. The zero-order valence-electron chi connectivity index (χ0n) is 14.0. The number of hydrogen-bond donors (Lipinski definition) is 2. The molecular formula is C20H20N2O3. The predicted octanol–water partition coefficient (Wildman–Crippen LogP) is 2.50. The van der Waals surface area contributed by atoms with Crippen LogP contribution in [0.1, 0.15) is 18.1 Å². The number of anilines is 1. The van der Waals surface area contributed by atoms with Crippen LogP contribution in [0.25, 0.3) is 6.08 Å². The number of fused-ring (bicyclic) bond motifs is 1. The van der Waals surface area contributed by atoms with E-state index in [1.54, 1.807) is 42.2 Å². The van der Waals surface area contributed by atoms with E-state index in [-0.39, 0.29) is 17.6 Å². The lowest BCUT2D eigenvalue weighted by Gasteiger charge is -2.22. The molecule has 1 aliphatic rings. The van der Waals surface area contributed by atoms with Gasteiger partial charge in [0.15, 0.2) is 0 Å². The highest BCUT2D eigenvalue weighted by atomic mass is 16.3. The molecule has 25 heavy (non-hydrogen) atoms. The lowest BCUT2D eigenvalue weighted by molar-refractivity contribution is -0.124. The molecule has 0 bridgehead atoms. The molecule has 2 N–H and O–H groups in total. The van der Waals surface area contributed by atoms with Crippen LogP contribution < -0.4 is 10.2 Å². The van der Waals surface area contributed by atoms with Gasteiger partial charge >= 0.3 is 0 Å². The first-order chi connectivity index (χ1) is 12.0. The third kappa shape index (κ3) is 3.88. The van der Waals surface area contributed by atoms with Crippen molar-refractivity contribution in [3.05, 3.63) is 65.7 Å². The van der Waals surface area contributed by atoms with Crippen molar-refractivity contribution in [3.8, 4) is 5.75 Å². The second kappa shape index (κ2) is 7.21. The summed E-state index contributed by atoms with van der Waals surface area (Å²) in [5, 5.41) is 12.1. The number of hydrogen-bond acceptors (Lipinski definition) is 3. The Morgan fingerprint density at radius 1 is 1.20 bits per heavy atom. The highest BCUT2D eigenvalue weighted by Crippen LogP contribution is 2.27. The Morgan fingerprint density at radius 3 is 2.80 bits per heavy atom. The van der Waals surface area contributed by atoms with Crippen LogP contribution in [0.4, 0.5) is 5.69 Å². The molecule has 0 saturated carbocycles. The van der Waals surface area contributed by atoms with E-state index >= 15 is 0 Å². The Kier molecular flexibility index (Phi) is 4.84. The molecular weight excluding hydrogens is 316 g/mol. The summed E-state index contributed by atoms with van der Waals surface area (Å²) in [7, 11) is 0. The average molecular weight is 336 g/mol. The maximum atomic E-state index is 12.6. The molecule has 2 amide bonds. The van der Waals surface area contributed by atoms with Gasteiger partial charge in [-0.25, -0.2) is 0 Å². The number of carbonyl (C=O) groups excluding carboxylic acids is 2. The van der Waals surface area contributed by atoms with Gasteiger partial charge in [0.2, 0.25) is 11.8 Å². The number of phenolic OH excluding ortho intramolecular Hbond substituents is 1. The van der Waals surface area contributed by atoms with Gasteiger partial charge in [0.05, 0.1) is 0 Å². The lowest BCUT2D eigenvalue weighted by atomic mass is 10.2. The summed E-state index contributed by atoms with van der Waals surface area (Å²) in [6.45, 7) is 2.32. The Morgan fingerprint density at radius 2 is 2.00 bits per heavy atom. The van der Waals surface area contributed by atoms with Gasteiger partial charge in [0, 0.05) is 18.3 Å². The quantitative estimate of drug-likeness (QED) is 0.843. The SMILES string of the molecule is C[C@@H](NC(=O)/C=C/c1cccc(O)c1)C(=O)N1CCc2ccccc21. The third-order valence-corrected chi connectivity index (χ3v) is 4.18. The highest BCUT2D eigenvalue weighted by Gasteiger charge is 2.28. The zero-order valence-corrected chi connectivity index (χ0v) is 14.0. The van der Waals surface area contributed by atoms with Gasteiger partial charge in [-0.3, -0.25) is 9.59 Å². The number of rotatable bonds is 4. The fraction of sp³-hybridized carbons (Fsp3) is 0.200. The average Bonchev–Trinajstić information content (AvgIpc) is 3.03. The largest absolute Gasteiger partial charge is 0.508 e. The molecule has 0 saturated heterocycles. The fourth-order valence-corrected chi connectivity index (χ4v) is 2.92. The van der Waals surface area contributed by atoms with Crippen molar-refractivity contribution in [2.24, 2.45) is 0 Å². The number of para-hydroxylation sites is 1. The number of nitrogens with one attached hydrogen (secondary N) is 1. The van der Waals surface area contributed by atoms with Crippen LogP contribution in [0, 0.1) is 0 Å². The molecule has 1 aliphatic heterocycles. The standard InChI is InChI=1S/C20H20N2O3/c1-14(20(25)22-12-11-16-6-2-3-8-18(16)22)21-19(24)10-9-15-5-4-7-17(23)13-15/h2-10,13-14,23H,11-12H2,1H3,(H,21,24)/b10-9+/t14-/m1/s1. The van der Waals surface area contributed by atoms with Crippen molar-refractivity contribution < 1.29 is 14.7 Å². The summed E-state index contributed by atoms with van der Waals surface area (Å²) in [4.78, 5) is 26.4. The van der Waals surface area contributed by atoms with Crippen LogP contribution in [0.5, 0.6) is 5.75 Å². The fourth-order valence-electron chi connectivity index (χ4n) is 2.92. The van der Waals surface area contributed by atoms with Crippen molar-refractivity contribution in [3.63, 3.8) is 0 Å². The van der Waals surface area contributed by atoms with Gasteiger partial charge in [-0.05, 0) is 48.7 Å². The minimum Gasteiger partial charge on any atom is -0.508 e. The summed E-state index contributed by atoms with van der Waals surface area (Å²) < 4.78 is 0. The summed E-state index contributed by atoms with van der Waals surface area (Å²) in [5.41, 5.74) is 2.78. The number of nitrogens with zero attached hydrogens (tertiary/aromatic N) is 1. The molecule has 0 unspecified atom stereocenters. The van der Waals surface area contributed by atoms with Gasteiger partial charge in [-0.2, -0.15) is 0 Å². The Hall–Kier alpha value is -3.08. The lowest BCUT2D eigenvalue weighted by Crippen LogP contribution is -2.46. The van der Waals surface area contributed by atoms with Crippen LogP contribution in [0.2, 0.25) is 0 Å². The van der Waals surface area contributed by atoms with Crippen molar-refractivity contribution in [2.45, 2.75) is 19.4 Å². The minimum atomic E-state index is -0.618. The summed E-state index contributed by atoms with van der Waals surface area (Å²) >= 11 is 0. The molecule has 0 spiro atoms. The molecule has 0 fully saturated rings. The van der Waals surface area contributed by atoms with E-state index in [9.17, 15) is 14.7 Å².